The lowest BCUT2D eigenvalue weighted by molar-refractivity contribution is 0.129. The lowest BCUT2D eigenvalue weighted by Gasteiger charge is -2.17. The van der Waals surface area contributed by atoms with E-state index in [1.165, 1.54) is 12.0 Å². The summed E-state index contributed by atoms with van der Waals surface area (Å²) in [5.74, 6) is 2.23. The standard InChI is InChI=1S/C22H37N3O3.HI/c1-4-5-11-26-12-6-10-24-22(23-3)25-15-20-8-7-18(2)14-21(20)28-17-19-9-13-27-16-19;/h7-8,14,19H,4-6,9-13,15-17H2,1-3H3,(H2,23,24,25);1H. The minimum Gasteiger partial charge on any atom is -0.493 e. The van der Waals surface area contributed by atoms with Gasteiger partial charge in [0.25, 0.3) is 0 Å². The summed E-state index contributed by atoms with van der Waals surface area (Å²) in [6.07, 6.45) is 4.35. The van der Waals surface area contributed by atoms with Crippen molar-refractivity contribution in [1.29, 1.82) is 0 Å². The largest absolute Gasteiger partial charge is 0.493 e. The van der Waals surface area contributed by atoms with Crippen LogP contribution in [0.3, 0.4) is 0 Å². The van der Waals surface area contributed by atoms with Crippen molar-refractivity contribution in [2.45, 2.75) is 46.1 Å². The van der Waals surface area contributed by atoms with E-state index in [1.807, 2.05) is 0 Å². The Morgan fingerprint density at radius 3 is 2.79 bits per heavy atom. The molecule has 1 saturated heterocycles. The van der Waals surface area contributed by atoms with Crippen molar-refractivity contribution in [1.82, 2.24) is 10.6 Å². The fraction of sp³-hybridized carbons (Fsp3) is 0.682. The average molecular weight is 519 g/mol. The van der Waals surface area contributed by atoms with Crippen molar-refractivity contribution in [3.63, 3.8) is 0 Å². The molecule has 2 rings (SSSR count). The summed E-state index contributed by atoms with van der Waals surface area (Å²) < 4.78 is 17.1. The van der Waals surface area contributed by atoms with Crippen LogP contribution in [0.4, 0.5) is 0 Å². The highest BCUT2D eigenvalue weighted by atomic mass is 127. The quantitative estimate of drug-likeness (QED) is 0.190. The number of ether oxygens (including phenoxy) is 3. The number of halogens is 1. The Balaban J connectivity index is 0.00000420. The van der Waals surface area contributed by atoms with Crippen LogP contribution in [0.2, 0.25) is 0 Å². The Bertz CT molecular complexity index is 593. The highest BCUT2D eigenvalue weighted by Gasteiger charge is 2.17. The normalized spacial score (nSPS) is 16.4. The number of nitrogens with one attached hydrogen (secondary N) is 2. The summed E-state index contributed by atoms with van der Waals surface area (Å²) >= 11 is 0. The van der Waals surface area contributed by atoms with Crippen molar-refractivity contribution in [2.24, 2.45) is 10.9 Å². The molecule has 7 heteroatoms. The molecule has 1 aromatic rings. The second kappa shape index (κ2) is 15.7. The molecule has 1 atom stereocenters. The molecule has 1 aliphatic rings. The molecule has 6 nitrogen and oxygen atoms in total. The molecule has 1 aliphatic heterocycles. The minimum absolute atomic E-state index is 0. The molecule has 0 bridgehead atoms. The molecule has 29 heavy (non-hydrogen) atoms. The van der Waals surface area contributed by atoms with E-state index in [2.05, 4.69) is 47.7 Å². The molecule has 0 radical (unpaired) electrons. The van der Waals surface area contributed by atoms with Crippen LogP contribution >= 0.6 is 24.0 Å². The van der Waals surface area contributed by atoms with Gasteiger partial charge in [0.05, 0.1) is 13.2 Å². The predicted molar refractivity (Wildman–Crippen MR) is 130 cm³/mol. The molecule has 0 saturated carbocycles. The maximum absolute atomic E-state index is 6.12. The number of unbranched alkanes of at least 4 members (excludes halogenated alkanes) is 1. The lowest BCUT2D eigenvalue weighted by Crippen LogP contribution is -2.37. The van der Waals surface area contributed by atoms with Crippen molar-refractivity contribution >= 4 is 29.9 Å². The summed E-state index contributed by atoms with van der Waals surface area (Å²) in [5, 5.41) is 6.72. The molecule has 1 unspecified atom stereocenters. The molecular weight excluding hydrogens is 481 g/mol. The number of guanidine groups is 1. The van der Waals surface area contributed by atoms with E-state index in [1.54, 1.807) is 7.05 Å². The van der Waals surface area contributed by atoms with E-state index in [9.17, 15) is 0 Å². The molecule has 0 aliphatic carbocycles. The van der Waals surface area contributed by atoms with E-state index >= 15 is 0 Å². The number of hydrogen-bond donors (Lipinski definition) is 2. The maximum atomic E-state index is 6.12. The number of nitrogens with zero attached hydrogens (tertiary/aromatic N) is 1. The summed E-state index contributed by atoms with van der Waals surface area (Å²) in [7, 11) is 1.79. The fourth-order valence-electron chi connectivity index (χ4n) is 2.99. The van der Waals surface area contributed by atoms with Crippen molar-refractivity contribution in [3.05, 3.63) is 29.3 Å². The van der Waals surface area contributed by atoms with Gasteiger partial charge in [0, 0.05) is 51.4 Å². The van der Waals surface area contributed by atoms with Crippen molar-refractivity contribution < 1.29 is 14.2 Å². The van der Waals surface area contributed by atoms with Gasteiger partial charge in [-0.2, -0.15) is 0 Å². The topological polar surface area (TPSA) is 64.1 Å². The van der Waals surface area contributed by atoms with Gasteiger partial charge in [0.15, 0.2) is 5.96 Å². The van der Waals surface area contributed by atoms with Gasteiger partial charge in [-0.15, -0.1) is 24.0 Å². The maximum Gasteiger partial charge on any atom is 0.191 e. The van der Waals surface area contributed by atoms with Gasteiger partial charge in [-0.25, -0.2) is 0 Å². The number of hydrogen-bond acceptors (Lipinski definition) is 4. The first-order valence-corrected chi connectivity index (χ1v) is 10.5. The van der Waals surface area contributed by atoms with Gasteiger partial charge in [-0.1, -0.05) is 25.5 Å². The average Bonchev–Trinajstić information content (AvgIpc) is 3.22. The molecule has 0 aromatic heterocycles. The van der Waals surface area contributed by atoms with Crippen LogP contribution < -0.4 is 15.4 Å². The van der Waals surface area contributed by atoms with E-state index < -0.39 is 0 Å². The molecule has 166 valence electrons. The smallest absolute Gasteiger partial charge is 0.191 e. The van der Waals surface area contributed by atoms with Gasteiger partial charge < -0.3 is 24.8 Å². The second-order valence-electron chi connectivity index (χ2n) is 7.32. The van der Waals surface area contributed by atoms with Crippen LogP contribution in [0, 0.1) is 12.8 Å². The first kappa shape index (κ1) is 26.0. The van der Waals surface area contributed by atoms with Crippen molar-refractivity contribution in [3.8, 4) is 5.75 Å². The predicted octanol–water partition coefficient (Wildman–Crippen LogP) is 3.90. The van der Waals surface area contributed by atoms with E-state index in [0.29, 0.717) is 19.1 Å². The second-order valence-corrected chi connectivity index (χ2v) is 7.32. The third kappa shape index (κ3) is 10.5. The van der Waals surface area contributed by atoms with Gasteiger partial charge in [-0.05, 0) is 37.8 Å². The van der Waals surface area contributed by atoms with Crippen LogP contribution in [-0.2, 0) is 16.0 Å². The van der Waals surface area contributed by atoms with Gasteiger partial charge >= 0.3 is 0 Å². The highest BCUT2D eigenvalue weighted by Crippen LogP contribution is 2.22. The summed E-state index contributed by atoms with van der Waals surface area (Å²) in [6, 6.07) is 6.35. The van der Waals surface area contributed by atoms with Crippen molar-refractivity contribution in [2.75, 3.05) is 46.6 Å². The van der Waals surface area contributed by atoms with Gasteiger partial charge in [-0.3, -0.25) is 4.99 Å². The third-order valence-corrected chi connectivity index (χ3v) is 4.79. The number of aliphatic imine (C=N–C) groups is 1. The molecule has 0 amide bonds. The molecular formula is C22H38IN3O3. The molecule has 2 N–H and O–H groups in total. The summed E-state index contributed by atoms with van der Waals surface area (Å²) in [4.78, 5) is 4.30. The Kier molecular flexibility index (Phi) is 14.1. The van der Waals surface area contributed by atoms with E-state index in [0.717, 1.165) is 69.5 Å². The Morgan fingerprint density at radius 2 is 2.07 bits per heavy atom. The van der Waals surface area contributed by atoms with Gasteiger partial charge in [0.2, 0.25) is 0 Å². The Labute approximate surface area is 193 Å². The van der Waals surface area contributed by atoms with E-state index in [4.69, 9.17) is 14.2 Å². The summed E-state index contributed by atoms with van der Waals surface area (Å²) in [5.41, 5.74) is 2.34. The lowest BCUT2D eigenvalue weighted by atomic mass is 10.1. The first-order valence-electron chi connectivity index (χ1n) is 10.5. The zero-order valence-corrected chi connectivity index (χ0v) is 20.5. The zero-order valence-electron chi connectivity index (χ0n) is 18.2. The molecule has 1 fully saturated rings. The minimum atomic E-state index is 0. The number of rotatable bonds is 12. The van der Waals surface area contributed by atoms with Crippen LogP contribution in [0.15, 0.2) is 23.2 Å². The number of aryl methyl sites for hydroxylation is 1. The first-order chi connectivity index (χ1) is 13.7. The zero-order chi connectivity index (χ0) is 20.0. The Hall–Kier alpha value is -1.06. The van der Waals surface area contributed by atoms with Crippen LogP contribution in [0.1, 0.15) is 43.7 Å². The monoisotopic (exact) mass is 519 g/mol. The van der Waals surface area contributed by atoms with Crippen LogP contribution in [0.5, 0.6) is 5.75 Å². The third-order valence-electron chi connectivity index (χ3n) is 4.79. The Morgan fingerprint density at radius 1 is 1.24 bits per heavy atom. The number of benzene rings is 1. The molecule has 1 aromatic carbocycles. The van der Waals surface area contributed by atoms with Gasteiger partial charge in [0.1, 0.15) is 5.75 Å². The fourth-order valence-corrected chi connectivity index (χ4v) is 2.99. The SMILES string of the molecule is CCCCOCCCNC(=NC)NCc1ccc(C)cc1OCC1CCOC1.I. The van der Waals surface area contributed by atoms with Crippen LogP contribution in [0.25, 0.3) is 0 Å². The summed E-state index contributed by atoms with van der Waals surface area (Å²) in [6.45, 7) is 9.77. The molecule has 0 spiro atoms. The highest BCUT2D eigenvalue weighted by molar-refractivity contribution is 14.0. The van der Waals surface area contributed by atoms with E-state index in [-0.39, 0.29) is 24.0 Å². The molecule has 1 heterocycles. The van der Waals surface area contributed by atoms with Crippen LogP contribution in [-0.4, -0.2) is 52.6 Å².